The first-order valence-corrected chi connectivity index (χ1v) is 7.22. The number of aryl methyl sites for hydroxylation is 2. The summed E-state index contributed by atoms with van der Waals surface area (Å²) < 4.78 is 11.1. The van der Waals surface area contributed by atoms with Crippen molar-refractivity contribution in [2.24, 2.45) is 0 Å². The summed E-state index contributed by atoms with van der Waals surface area (Å²) in [6.07, 6.45) is 2.28. The van der Waals surface area contributed by atoms with Crippen LogP contribution < -0.4 is 10.1 Å². The molecule has 0 aromatic heterocycles. The second-order valence-electron chi connectivity index (χ2n) is 4.77. The molecule has 0 heterocycles. The Bertz CT molecular complexity index is 353. The van der Waals surface area contributed by atoms with Crippen LogP contribution in [0.2, 0.25) is 0 Å². The Kier molecular flexibility index (Phi) is 8.26. The van der Waals surface area contributed by atoms with Crippen LogP contribution in [0.15, 0.2) is 18.2 Å². The Labute approximate surface area is 117 Å². The normalized spacial score (nSPS) is 10.7. The molecule has 0 fully saturated rings. The molecule has 0 unspecified atom stereocenters. The van der Waals surface area contributed by atoms with Crippen molar-refractivity contribution in [2.75, 3.05) is 32.9 Å². The Morgan fingerprint density at radius 2 is 1.89 bits per heavy atom. The van der Waals surface area contributed by atoms with Gasteiger partial charge in [-0.2, -0.15) is 0 Å². The smallest absolute Gasteiger partial charge is 0.122 e. The van der Waals surface area contributed by atoms with Crippen molar-refractivity contribution >= 4 is 0 Å². The quantitative estimate of drug-likeness (QED) is 0.659. The number of ether oxygens (including phenoxy) is 2. The van der Waals surface area contributed by atoms with Crippen molar-refractivity contribution in [1.82, 2.24) is 5.32 Å². The van der Waals surface area contributed by atoms with E-state index in [0.29, 0.717) is 0 Å². The fraction of sp³-hybridized carbons (Fsp3) is 0.625. The largest absolute Gasteiger partial charge is 0.492 e. The second kappa shape index (κ2) is 9.82. The van der Waals surface area contributed by atoms with E-state index in [1.54, 1.807) is 0 Å². The number of benzene rings is 1. The van der Waals surface area contributed by atoms with Crippen LogP contribution in [-0.4, -0.2) is 32.9 Å². The van der Waals surface area contributed by atoms with Gasteiger partial charge in [-0.3, -0.25) is 0 Å². The first-order valence-electron chi connectivity index (χ1n) is 7.22. The monoisotopic (exact) mass is 265 g/mol. The predicted octanol–water partition coefficient (Wildman–Crippen LogP) is 3.09. The lowest BCUT2D eigenvalue weighted by molar-refractivity contribution is 0.143. The molecule has 0 saturated carbocycles. The molecule has 1 aromatic carbocycles. The maximum Gasteiger partial charge on any atom is 0.122 e. The molecule has 3 heteroatoms. The standard InChI is InChI=1S/C16H27NO2/c1-4-18-11-6-5-9-17-10-12-19-16-13-14(2)7-8-15(16)3/h7-8,13,17H,4-6,9-12H2,1-3H3. The van der Waals surface area contributed by atoms with E-state index in [-0.39, 0.29) is 0 Å². The highest BCUT2D eigenvalue weighted by Gasteiger charge is 1.99. The zero-order chi connectivity index (χ0) is 13.9. The fourth-order valence-electron chi connectivity index (χ4n) is 1.82. The Morgan fingerprint density at radius 1 is 1.05 bits per heavy atom. The third-order valence-corrected chi connectivity index (χ3v) is 2.98. The third kappa shape index (κ3) is 7.19. The summed E-state index contributed by atoms with van der Waals surface area (Å²) in [6, 6.07) is 6.31. The zero-order valence-electron chi connectivity index (χ0n) is 12.5. The summed E-state index contributed by atoms with van der Waals surface area (Å²) in [7, 11) is 0. The minimum Gasteiger partial charge on any atom is -0.492 e. The molecule has 1 aromatic rings. The minimum absolute atomic E-state index is 0.718. The van der Waals surface area contributed by atoms with Gasteiger partial charge in [0.15, 0.2) is 0 Å². The average Bonchev–Trinajstić information content (AvgIpc) is 2.40. The highest BCUT2D eigenvalue weighted by atomic mass is 16.5. The molecular weight excluding hydrogens is 238 g/mol. The minimum atomic E-state index is 0.718. The first-order chi connectivity index (χ1) is 9.24. The molecular formula is C16H27NO2. The molecule has 0 bridgehead atoms. The highest BCUT2D eigenvalue weighted by molar-refractivity contribution is 5.35. The van der Waals surface area contributed by atoms with E-state index in [2.05, 4.69) is 37.4 Å². The van der Waals surface area contributed by atoms with Crippen LogP contribution in [0.3, 0.4) is 0 Å². The maximum atomic E-state index is 5.78. The number of hydrogen-bond donors (Lipinski definition) is 1. The van der Waals surface area contributed by atoms with Gasteiger partial charge >= 0.3 is 0 Å². The molecule has 0 aliphatic heterocycles. The van der Waals surface area contributed by atoms with Crippen LogP contribution >= 0.6 is 0 Å². The molecule has 1 rings (SSSR count). The van der Waals surface area contributed by atoms with E-state index in [1.165, 1.54) is 11.1 Å². The SMILES string of the molecule is CCOCCCCNCCOc1cc(C)ccc1C. The summed E-state index contributed by atoms with van der Waals surface area (Å²) in [4.78, 5) is 0. The number of hydrogen-bond acceptors (Lipinski definition) is 3. The number of unbranched alkanes of at least 4 members (excludes halogenated alkanes) is 1. The van der Waals surface area contributed by atoms with E-state index in [9.17, 15) is 0 Å². The van der Waals surface area contributed by atoms with Crippen LogP contribution in [0.4, 0.5) is 0 Å². The Morgan fingerprint density at radius 3 is 2.68 bits per heavy atom. The first kappa shape index (κ1) is 16.0. The summed E-state index contributed by atoms with van der Waals surface area (Å²) >= 11 is 0. The van der Waals surface area contributed by atoms with Crippen molar-refractivity contribution in [3.63, 3.8) is 0 Å². The third-order valence-electron chi connectivity index (χ3n) is 2.98. The van der Waals surface area contributed by atoms with E-state index in [0.717, 1.165) is 51.5 Å². The van der Waals surface area contributed by atoms with Crippen molar-refractivity contribution in [1.29, 1.82) is 0 Å². The molecule has 0 radical (unpaired) electrons. The lowest BCUT2D eigenvalue weighted by Gasteiger charge is -2.10. The maximum absolute atomic E-state index is 5.78. The van der Waals surface area contributed by atoms with Gasteiger partial charge in [0.2, 0.25) is 0 Å². The topological polar surface area (TPSA) is 30.5 Å². The van der Waals surface area contributed by atoms with Gasteiger partial charge in [0.05, 0.1) is 0 Å². The molecule has 0 aliphatic carbocycles. The molecule has 3 nitrogen and oxygen atoms in total. The van der Waals surface area contributed by atoms with Crippen LogP contribution in [0.1, 0.15) is 30.9 Å². The van der Waals surface area contributed by atoms with Crippen LogP contribution in [0.25, 0.3) is 0 Å². The number of rotatable bonds is 10. The second-order valence-corrected chi connectivity index (χ2v) is 4.77. The van der Waals surface area contributed by atoms with Gasteiger partial charge in [-0.25, -0.2) is 0 Å². The van der Waals surface area contributed by atoms with Gasteiger partial charge in [-0.05, 0) is 57.4 Å². The van der Waals surface area contributed by atoms with Gasteiger partial charge < -0.3 is 14.8 Å². The molecule has 0 saturated heterocycles. The van der Waals surface area contributed by atoms with E-state index >= 15 is 0 Å². The zero-order valence-corrected chi connectivity index (χ0v) is 12.5. The van der Waals surface area contributed by atoms with Crippen LogP contribution in [0.5, 0.6) is 5.75 Å². The van der Waals surface area contributed by atoms with Gasteiger partial charge in [0.1, 0.15) is 12.4 Å². The van der Waals surface area contributed by atoms with E-state index in [4.69, 9.17) is 9.47 Å². The predicted molar refractivity (Wildman–Crippen MR) is 80.0 cm³/mol. The summed E-state index contributed by atoms with van der Waals surface area (Å²) in [5.41, 5.74) is 2.44. The van der Waals surface area contributed by atoms with Gasteiger partial charge in [0, 0.05) is 19.8 Å². The molecule has 0 atom stereocenters. The molecule has 1 N–H and O–H groups in total. The summed E-state index contributed by atoms with van der Waals surface area (Å²) in [5, 5.41) is 3.39. The van der Waals surface area contributed by atoms with Crippen LogP contribution in [0, 0.1) is 13.8 Å². The van der Waals surface area contributed by atoms with Crippen molar-refractivity contribution < 1.29 is 9.47 Å². The van der Waals surface area contributed by atoms with Gasteiger partial charge in [-0.15, -0.1) is 0 Å². The van der Waals surface area contributed by atoms with Crippen molar-refractivity contribution in [3.05, 3.63) is 29.3 Å². The molecule has 0 amide bonds. The van der Waals surface area contributed by atoms with E-state index in [1.807, 2.05) is 6.92 Å². The lowest BCUT2D eigenvalue weighted by atomic mass is 10.1. The summed E-state index contributed by atoms with van der Waals surface area (Å²) in [6.45, 7) is 10.5. The molecule has 0 spiro atoms. The molecule has 19 heavy (non-hydrogen) atoms. The highest BCUT2D eigenvalue weighted by Crippen LogP contribution is 2.18. The number of nitrogens with one attached hydrogen (secondary N) is 1. The van der Waals surface area contributed by atoms with Gasteiger partial charge in [-0.1, -0.05) is 12.1 Å². The van der Waals surface area contributed by atoms with Crippen LogP contribution in [-0.2, 0) is 4.74 Å². The Balaban J connectivity index is 2.03. The molecule has 0 aliphatic rings. The molecule has 108 valence electrons. The lowest BCUT2D eigenvalue weighted by Crippen LogP contribution is -2.22. The van der Waals surface area contributed by atoms with E-state index < -0.39 is 0 Å². The van der Waals surface area contributed by atoms with Crippen molar-refractivity contribution in [2.45, 2.75) is 33.6 Å². The summed E-state index contributed by atoms with van der Waals surface area (Å²) in [5.74, 6) is 0.998. The van der Waals surface area contributed by atoms with Gasteiger partial charge in [0.25, 0.3) is 0 Å². The fourth-order valence-corrected chi connectivity index (χ4v) is 1.82. The van der Waals surface area contributed by atoms with Crippen molar-refractivity contribution in [3.8, 4) is 5.75 Å². The Hall–Kier alpha value is -1.06. The average molecular weight is 265 g/mol.